The Kier molecular flexibility index (Phi) is 7.60. The van der Waals surface area contributed by atoms with Gasteiger partial charge in [-0.2, -0.15) is 0 Å². The van der Waals surface area contributed by atoms with Crippen LogP contribution >= 0.6 is 24.2 Å². The van der Waals surface area contributed by atoms with Crippen molar-refractivity contribution in [1.29, 1.82) is 0 Å². The number of nitrogens with zero attached hydrogens (tertiary/aromatic N) is 4. The van der Waals surface area contributed by atoms with Crippen LogP contribution in [-0.4, -0.2) is 45.0 Å². The van der Waals surface area contributed by atoms with Crippen LogP contribution in [0, 0.1) is 18.7 Å². The summed E-state index contributed by atoms with van der Waals surface area (Å²) in [5.41, 5.74) is -0.313. The molecule has 10 heteroatoms. The Labute approximate surface area is 226 Å². The summed E-state index contributed by atoms with van der Waals surface area (Å²) in [4.78, 5) is 28.8. The minimum absolute atomic E-state index is 0. The fourth-order valence-electron chi connectivity index (χ4n) is 4.80. The monoisotopic (exact) mass is 541 g/mol. The Morgan fingerprint density at radius 1 is 1.14 bits per heavy atom. The number of carbonyl (C=O) groups excluding carboxylic acids is 1. The number of rotatable bonds is 4. The molecule has 0 saturated carbocycles. The number of carbonyl (C=O) groups is 1. The van der Waals surface area contributed by atoms with E-state index in [2.05, 4.69) is 15.3 Å². The van der Waals surface area contributed by atoms with Crippen LogP contribution in [0.15, 0.2) is 65.7 Å². The zero-order valence-electron chi connectivity index (χ0n) is 20.8. The molecule has 1 fully saturated rings. The quantitative estimate of drug-likeness (QED) is 0.507. The van der Waals surface area contributed by atoms with E-state index in [0.717, 1.165) is 11.3 Å². The third kappa shape index (κ3) is 5.21. The van der Waals surface area contributed by atoms with Gasteiger partial charge in [0.1, 0.15) is 16.8 Å². The van der Waals surface area contributed by atoms with E-state index in [9.17, 15) is 14.3 Å². The lowest BCUT2D eigenvalue weighted by atomic mass is 9.82. The molecular formula is C27H29ClFN5O2S. The summed E-state index contributed by atoms with van der Waals surface area (Å²) in [6.07, 6.45) is 0. The first-order valence-electron chi connectivity index (χ1n) is 11.8. The Balaban J connectivity index is 0.00000320. The number of aliphatic imine (C=N–C) groups is 1. The fourth-order valence-corrected chi connectivity index (χ4v) is 5.93. The van der Waals surface area contributed by atoms with E-state index < -0.39 is 17.0 Å². The first kappa shape index (κ1) is 27.0. The van der Waals surface area contributed by atoms with Crippen LogP contribution in [0.1, 0.15) is 41.2 Å². The number of anilines is 1. The number of aliphatic hydroxyl groups is 1. The molecule has 2 atom stereocenters. The van der Waals surface area contributed by atoms with Crippen molar-refractivity contribution >= 4 is 41.2 Å². The van der Waals surface area contributed by atoms with Crippen LogP contribution in [0.4, 0.5) is 10.3 Å². The standard InChI is InChI=1S/C27H28FN5O2S.ClH/c1-17-21(28)22(26(2,3)35)30-24(29-17)33-14-20-15-36-25(31-23(34)18-10-6-4-7-11-18)32-27(20,16-33)19-12-8-5-9-13-19;/h4-13,20,35H,14-16H2,1-3H3,(H,31,32,34);1H/t20-,27+;/m0./s1. The molecule has 3 aromatic rings. The second-order valence-corrected chi connectivity index (χ2v) is 10.8. The van der Waals surface area contributed by atoms with Gasteiger partial charge in [-0.05, 0) is 38.5 Å². The lowest BCUT2D eigenvalue weighted by molar-refractivity contribution is 0.0691. The summed E-state index contributed by atoms with van der Waals surface area (Å²) < 4.78 is 14.7. The molecule has 194 valence electrons. The lowest BCUT2D eigenvalue weighted by Crippen LogP contribution is -2.42. The molecule has 37 heavy (non-hydrogen) atoms. The highest BCUT2D eigenvalue weighted by Crippen LogP contribution is 2.46. The zero-order chi connectivity index (χ0) is 25.5. The lowest BCUT2D eigenvalue weighted by Gasteiger charge is -2.35. The number of halogens is 2. The van der Waals surface area contributed by atoms with Crippen LogP contribution in [0.25, 0.3) is 0 Å². The molecule has 2 N–H and O–H groups in total. The van der Waals surface area contributed by atoms with Gasteiger partial charge < -0.3 is 15.3 Å². The van der Waals surface area contributed by atoms with Gasteiger partial charge in [0.15, 0.2) is 11.0 Å². The Morgan fingerprint density at radius 2 is 1.78 bits per heavy atom. The van der Waals surface area contributed by atoms with Gasteiger partial charge >= 0.3 is 0 Å². The topological polar surface area (TPSA) is 90.7 Å². The molecule has 7 nitrogen and oxygen atoms in total. The van der Waals surface area contributed by atoms with E-state index in [1.54, 1.807) is 19.1 Å². The van der Waals surface area contributed by atoms with Crippen molar-refractivity contribution < 1.29 is 14.3 Å². The highest BCUT2D eigenvalue weighted by atomic mass is 35.5. The first-order chi connectivity index (χ1) is 17.2. The molecule has 0 bridgehead atoms. The maximum Gasteiger partial charge on any atom is 0.257 e. The van der Waals surface area contributed by atoms with Gasteiger partial charge in [-0.3, -0.25) is 4.79 Å². The molecule has 2 aliphatic rings. The van der Waals surface area contributed by atoms with E-state index in [-0.39, 0.29) is 35.6 Å². The van der Waals surface area contributed by atoms with Crippen molar-refractivity contribution in [1.82, 2.24) is 15.3 Å². The largest absolute Gasteiger partial charge is 0.384 e. The van der Waals surface area contributed by atoms with Crippen LogP contribution in [0.5, 0.6) is 0 Å². The van der Waals surface area contributed by atoms with E-state index in [0.29, 0.717) is 29.8 Å². The third-order valence-electron chi connectivity index (χ3n) is 6.67. The van der Waals surface area contributed by atoms with Crippen LogP contribution in [0.2, 0.25) is 0 Å². The molecule has 1 saturated heterocycles. The average molecular weight is 542 g/mol. The molecule has 0 unspecified atom stereocenters. The number of benzene rings is 2. The molecule has 2 aromatic carbocycles. The van der Waals surface area contributed by atoms with Crippen molar-refractivity contribution in [2.24, 2.45) is 10.9 Å². The smallest absolute Gasteiger partial charge is 0.257 e. The molecule has 1 amide bonds. The maximum absolute atomic E-state index is 14.7. The molecule has 1 aromatic heterocycles. The van der Waals surface area contributed by atoms with E-state index in [1.807, 2.05) is 53.4 Å². The van der Waals surface area contributed by atoms with E-state index in [4.69, 9.17) is 4.99 Å². The number of thioether (sulfide) groups is 1. The predicted molar refractivity (Wildman–Crippen MR) is 147 cm³/mol. The van der Waals surface area contributed by atoms with E-state index in [1.165, 1.54) is 25.6 Å². The second kappa shape index (κ2) is 10.4. The Morgan fingerprint density at radius 3 is 2.43 bits per heavy atom. The van der Waals surface area contributed by atoms with Gasteiger partial charge in [0.2, 0.25) is 5.95 Å². The highest BCUT2D eigenvalue weighted by Gasteiger charge is 2.51. The van der Waals surface area contributed by atoms with Crippen molar-refractivity contribution in [2.75, 3.05) is 23.7 Å². The Bertz CT molecular complexity index is 1320. The van der Waals surface area contributed by atoms with Gasteiger partial charge in [-0.25, -0.2) is 19.4 Å². The SMILES string of the molecule is Cc1nc(N2C[C@H]3CSC(NC(=O)c4ccccc4)=N[C@@]3(c3ccccc3)C2)nc(C(C)(C)O)c1F.Cl. The summed E-state index contributed by atoms with van der Waals surface area (Å²) in [7, 11) is 0. The molecule has 3 heterocycles. The van der Waals surface area contributed by atoms with Crippen molar-refractivity contribution in [2.45, 2.75) is 31.9 Å². The minimum Gasteiger partial charge on any atom is -0.384 e. The predicted octanol–water partition coefficient (Wildman–Crippen LogP) is 4.44. The first-order valence-corrected chi connectivity index (χ1v) is 12.8. The van der Waals surface area contributed by atoms with Gasteiger partial charge in [0.25, 0.3) is 5.91 Å². The second-order valence-electron chi connectivity index (χ2n) is 9.75. The summed E-state index contributed by atoms with van der Waals surface area (Å²) >= 11 is 1.52. The minimum atomic E-state index is -1.45. The third-order valence-corrected chi connectivity index (χ3v) is 7.70. The summed E-state index contributed by atoms with van der Waals surface area (Å²) in [6, 6.07) is 19.1. The molecular weight excluding hydrogens is 513 g/mol. The number of aromatic nitrogens is 2. The van der Waals surface area contributed by atoms with Gasteiger partial charge in [-0.15, -0.1) is 12.4 Å². The zero-order valence-corrected chi connectivity index (χ0v) is 22.4. The van der Waals surface area contributed by atoms with E-state index >= 15 is 0 Å². The number of hydrogen-bond acceptors (Lipinski definition) is 7. The number of fused-ring (bicyclic) bond motifs is 1. The molecule has 5 rings (SSSR count). The number of amidine groups is 1. The van der Waals surface area contributed by atoms with Crippen molar-refractivity contribution in [3.63, 3.8) is 0 Å². The number of nitrogens with one attached hydrogen (secondary N) is 1. The molecule has 2 aliphatic heterocycles. The number of amides is 1. The number of hydrogen-bond donors (Lipinski definition) is 2. The maximum atomic E-state index is 14.7. The summed E-state index contributed by atoms with van der Waals surface area (Å²) in [5.74, 6) is 0.413. The summed E-state index contributed by atoms with van der Waals surface area (Å²) in [6.45, 7) is 5.68. The van der Waals surface area contributed by atoms with Gasteiger partial charge in [0, 0.05) is 23.8 Å². The van der Waals surface area contributed by atoms with Crippen molar-refractivity contribution in [3.05, 3.63) is 89.0 Å². The Hall–Kier alpha value is -3.01. The fraction of sp³-hybridized carbons (Fsp3) is 0.333. The van der Waals surface area contributed by atoms with Crippen LogP contribution < -0.4 is 10.2 Å². The van der Waals surface area contributed by atoms with Crippen LogP contribution in [0.3, 0.4) is 0 Å². The highest BCUT2D eigenvalue weighted by molar-refractivity contribution is 8.13. The number of aryl methyl sites for hydroxylation is 1. The molecule has 0 radical (unpaired) electrons. The van der Waals surface area contributed by atoms with Gasteiger partial charge in [-0.1, -0.05) is 60.3 Å². The molecule has 0 aliphatic carbocycles. The van der Waals surface area contributed by atoms with Crippen LogP contribution in [-0.2, 0) is 11.1 Å². The average Bonchev–Trinajstić information content (AvgIpc) is 3.26. The van der Waals surface area contributed by atoms with Crippen molar-refractivity contribution in [3.8, 4) is 0 Å². The normalized spacial score (nSPS) is 21.1. The van der Waals surface area contributed by atoms with Gasteiger partial charge in [0.05, 0.1) is 12.2 Å². The summed E-state index contributed by atoms with van der Waals surface area (Å²) in [5, 5.41) is 14.0. The molecule has 0 spiro atoms.